The average molecular weight is 349 g/mol. The number of benzene rings is 2. The first-order valence-corrected chi connectivity index (χ1v) is 9.00. The van der Waals surface area contributed by atoms with Crippen molar-refractivity contribution < 1.29 is 19.2 Å². The highest BCUT2D eigenvalue weighted by Crippen LogP contribution is 2.34. The molecule has 1 N–H and O–H groups in total. The molecule has 26 heavy (non-hydrogen) atoms. The molecule has 1 fully saturated rings. The minimum atomic E-state index is -0.862. The van der Waals surface area contributed by atoms with E-state index in [4.69, 9.17) is 19.4 Å². The van der Waals surface area contributed by atoms with Gasteiger partial charge in [0.15, 0.2) is 11.5 Å². The standard InChI is InChI=1S/C20H20BNO4/c22-11-15-5-8-19(20(9-15)24-12-14-3-1-2-4-14)26-17-6-7-18-16(10-17)13-25-21(18)23/h5-10,14,23H,1-4,12-13H2. The van der Waals surface area contributed by atoms with Gasteiger partial charge in [-0.25, -0.2) is 0 Å². The summed E-state index contributed by atoms with van der Waals surface area (Å²) in [5.41, 5.74) is 2.23. The lowest BCUT2D eigenvalue weighted by Gasteiger charge is -2.16. The summed E-state index contributed by atoms with van der Waals surface area (Å²) < 4.78 is 17.2. The van der Waals surface area contributed by atoms with E-state index < -0.39 is 7.12 Å². The van der Waals surface area contributed by atoms with Crippen molar-refractivity contribution in [2.75, 3.05) is 6.61 Å². The van der Waals surface area contributed by atoms with E-state index in [-0.39, 0.29) is 0 Å². The van der Waals surface area contributed by atoms with E-state index in [1.54, 1.807) is 24.3 Å². The lowest BCUT2D eigenvalue weighted by atomic mass is 9.80. The van der Waals surface area contributed by atoms with Crippen LogP contribution in [-0.2, 0) is 11.3 Å². The Hall–Kier alpha value is -2.49. The largest absolute Gasteiger partial charge is 0.491 e. The van der Waals surface area contributed by atoms with Crippen molar-refractivity contribution in [1.82, 2.24) is 0 Å². The van der Waals surface area contributed by atoms with Gasteiger partial charge in [-0.05, 0) is 54.1 Å². The minimum absolute atomic E-state index is 0.367. The van der Waals surface area contributed by atoms with Gasteiger partial charge in [0, 0.05) is 6.07 Å². The van der Waals surface area contributed by atoms with E-state index in [0.29, 0.717) is 41.9 Å². The highest BCUT2D eigenvalue weighted by molar-refractivity contribution is 6.61. The Morgan fingerprint density at radius 1 is 1.15 bits per heavy atom. The quantitative estimate of drug-likeness (QED) is 0.840. The van der Waals surface area contributed by atoms with Gasteiger partial charge in [0.1, 0.15) is 5.75 Å². The van der Waals surface area contributed by atoms with Crippen molar-refractivity contribution in [1.29, 1.82) is 5.26 Å². The highest BCUT2D eigenvalue weighted by Gasteiger charge is 2.27. The highest BCUT2D eigenvalue weighted by atomic mass is 16.5. The van der Waals surface area contributed by atoms with Crippen LogP contribution in [0.2, 0.25) is 0 Å². The summed E-state index contributed by atoms with van der Waals surface area (Å²) in [6, 6.07) is 12.8. The number of hydrogen-bond acceptors (Lipinski definition) is 5. The van der Waals surface area contributed by atoms with Crippen LogP contribution in [0.3, 0.4) is 0 Å². The lowest BCUT2D eigenvalue weighted by Crippen LogP contribution is -2.27. The monoisotopic (exact) mass is 349 g/mol. The molecule has 132 valence electrons. The van der Waals surface area contributed by atoms with Crippen LogP contribution < -0.4 is 14.9 Å². The van der Waals surface area contributed by atoms with Crippen molar-refractivity contribution in [2.24, 2.45) is 5.92 Å². The Kier molecular flexibility index (Phi) is 4.83. The summed E-state index contributed by atoms with van der Waals surface area (Å²) in [7, 11) is -0.862. The Morgan fingerprint density at radius 3 is 2.81 bits per heavy atom. The third-order valence-corrected chi connectivity index (χ3v) is 5.03. The molecular weight excluding hydrogens is 329 g/mol. The molecule has 0 bridgehead atoms. The predicted molar refractivity (Wildman–Crippen MR) is 97.5 cm³/mol. The normalized spacial score (nSPS) is 16.4. The van der Waals surface area contributed by atoms with E-state index in [1.807, 2.05) is 12.1 Å². The van der Waals surface area contributed by atoms with Gasteiger partial charge in [-0.2, -0.15) is 5.26 Å². The fourth-order valence-corrected chi connectivity index (χ4v) is 3.56. The molecule has 1 aliphatic carbocycles. The molecule has 6 heteroatoms. The number of nitriles is 1. The van der Waals surface area contributed by atoms with Crippen LogP contribution in [0.5, 0.6) is 17.2 Å². The minimum Gasteiger partial charge on any atom is -0.489 e. The van der Waals surface area contributed by atoms with Crippen LogP contribution in [0.1, 0.15) is 36.8 Å². The Bertz CT molecular complexity index is 842. The maximum Gasteiger partial charge on any atom is 0.491 e. The van der Waals surface area contributed by atoms with Gasteiger partial charge in [0.25, 0.3) is 0 Å². The molecule has 0 atom stereocenters. The zero-order valence-corrected chi connectivity index (χ0v) is 14.5. The summed E-state index contributed by atoms with van der Waals surface area (Å²) in [5.74, 6) is 2.40. The number of ether oxygens (including phenoxy) is 2. The first-order chi connectivity index (χ1) is 12.7. The number of nitrogens with zero attached hydrogens (tertiary/aromatic N) is 1. The third-order valence-electron chi connectivity index (χ3n) is 5.03. The molecule has 0 unspecified atom stereocenters. The van der Waals surface area contributed by atoms with Crippen molar-refractivity contribution in [3.05, 3.63) is 47.5 Å². The number of rotatable bonds is 5. The van der Waals surface area contributed by atoms with E-state index in [1.165, 1.54) is 25.7 Å². The van der Waals surface area contributed by atoms with Crippen molar-refractivity contribution in [3.63, 3.8) is 0 Å². The zero-order valence-electron chi connectivity index (χ0n) is 14.5. The first kappa shape index (κ1) is 17.0. The molecule has 0 aromatic heterocycles. The second-order valence-electron chi connectivity index (χ2n) is 6.86. The summed E-state index contributed by atoms with van der Waals surface area (Å²) >= 11 is 0. The van der Waals surface area contributed by atoms with Crippen LogP contribution in [0.15, 0.2) is 36.4 Å². The third kappa shape index (κ3) is 3.55. The Balaban J connectivity index is 1.54. The Labute approximate surface area is 153 Å². The van der Waals surface area contributed by atoms with Gasteiger partial charge in [-0.3, -0.25) is 0 Å². The van der Waals surface area contributed by atoms with Crippen LogP contribution in [0, 0.1) is 17.2 Å². The molecule has 0 spiro atoms. The Morgan fingerprint density at radius 2 is 2.00 bits per heavy atom. The average Bonchev–Trinajstić information content (AvgIpc) is 3.31. The van der Waals surface area contributed by atoms with E-state index in [9.17, 15) is 5.02 Å². The maximum atomic E-state index is 9.72. The molecule has 5 nitrogen and oxygen atoms in total. The molecule has 1 saturated carbocycles. The van der Waals surface area contributed by atoms with Crippen molar-refractivity contribution in [2.45, 2.75) is 32.3 Å². The smallest absolute Gasteiger partial charge is 0.489 e. The van der Waals surface area contributed by atoms with Gasteiger partial charge < -0.3 is 19.2 Å². The summed E-state index contributed by atoms with van der Waals surface area (Å²) in [4.78, 5) is 0. The molecule has 1 aliphatic heterocycles. The summed E-state index contributed by atoms with van der Waals surface area (Å²) in [6.07, 6.45) is 4.92. The maximum absolute atomic E-state index is 9.72. The fourth-order valence-electron chi connectivity index (χ4n) is 3.56. The fraction of sp³-hybridized carbons (Fsp3) is 0.350. The molecule has 0 radical (unpaired) electrons. The molecule has 1 heterocycles. The van der Waals surface area contributed by atoms with Crippen molar-refractivity contribution in [3.8, 4) is 23.3 Å². The van der Waals surface area contributed by atoms with E-state index in [2.05, 4.69) is 6.07 Å². The summed E-state index contributed by atoms with van der Waals surface area (Å²) in [6.45, 7) is 1.02. The van der Waals surface area contributed by atoms with Gasteiger partial charge in [-0.1, -0.05) is 18.9 Å². The SMILES string of the molecule is N#Cc1ccc(Oc2ccc3c(c2)COB3O)c(OCC2CCCC2)c1. The van der Waals surface area contributed by atoms with Gasteiger partial charge >= 0.3 is 7.12 Å². The first-order valence-electron chi connectivity index (χ1n) is 9.00. The molecule has 2 aromatic rings. The topological polar surface area (TPSA) is 71.7 Å². The van der Waals surface area contributed by atoms with E-state index >= 15 is 0 Å². The van der Waals surface area contributed by atoms with Crippen LogP contribution >= 0.6 is 0 Å². The number of hydrogen-bond donors (Lipinski definition) is 1. The van der Waals surface area contributed by atoms with Gasteiger partial charge in [0.2, 0.25) is 0 Å². The number of fused-ring (bicyclic) bond motifs is 1. The molecule has 0 amide bonds. The van der Waals surface area contributed by atoms with Gasteiger partial charge in [0.05, 0.1) is 24.8 Å². The molecule has 4 rings (SSSR count). The molecule has 0 saturated heterocycles. The summed E-state index contributed by atoms with van der Waals surface area (Å²) in [5, 5.41) is 18.9. The lowest BCUT2D eigenvalue weighted by molar-refractivity contribution is 0.244. The second-order valence-corrected chi connectivity index (χ2v) is 6.86. The van der Waals surface area contributed by atoms with Crippen LogP contribution in [-0.4, -0.2) is 18.7 Å². The van der Waals surface area contributed by atoms with E-state index in [0.717, 1.165) is 11.0 Å². The second kappa shape index (κ2) is 7.41. The zero-order chi connectivity index (χ0) is 17.9. The van der Waals surface area contributed by atoms with Crippen LogP contribution in [0.25, 0.3) is 0 Å². The predicted octanol–water partition coefficient (Wildman–Crippen LogP) is 3.14. The molecule has 2 aromatic carbocycles. The van der Waals surface area contributed by atoms with Crippen LogP contribution in [0.4, 0.5) is 0 Å². The van der Waals surface area contributed by atoms with Gasteiger partial charge in [-0.15, -0.1) is 0 Å². The molecule has 2 aliphatic rings. The molecular formula is C20H20BNO4. The van der Waals surface area contributed by atoms with Crippen molar-refractivity contribution >= 4 is 12.6 Å².